The molecule has 5 rings (SSSR count). The van der Waals surface area contributed by atoms with E-state index >= 15 is 0 Å². The van der Waals surface area contributed by atoms with Crippen LogP contribution in [-0.2, 0) is 13.0 Å². The number of fused-ring (bicyclic) bond motifs is 2. The number of imidazole rings is 1. The summed E-state index contributed by atoms with van der Waals surface area (Å²) >= 11 is 0. The van der Waals surface area contributed by atoms with E-state index in [1.54, 1.807) is 12.5 Å². The van der Waals surface area contributed by atoms with Gasteiger partial charge in [0.2, 0.25) is 0 Å². The Kier molecular flexibility index (Phi) is 4.16. The lowest BCUT2D eigenvalue weighted by molar-refractivity contribution is 0.0706. The molecule has 1 aromatic carbocycles. The van der Waals surface area contributed by atoms with Gasteiger partial charge in [-0.1, -0.05) is 30.3 Å². The molecule has 1 amide bonds. The predicted molar refractivity (Wildman–Crippen MR) is 107 cm³/mol. The van der Waals surface area contributed by atoms with Crippen molar-refractivity contribution in [2.45, 2.75) is 25.3 Å². The SMILES string of the molecule is O=C(c1cc2cccnc2[nH]1)N1Cc2[nH]cnc2C(CCc2ccccc2)C1. The molecule has 2 N–H and O–H groups in total. The van der Waals surface area contributed by atoms with Gasteiger partial charge in [-0.15, -0.1) is 0 Å². The van der Waals surface area contributed by atoms with E-state index in [-0.39, 0.29) is 11.8 Å². The molecule has 0 aliphatic carbocycles. The van der Waals surface area contributed by atoms with E-state index in [0.717, 1.165) is 35.3 Å². The van der Waals surface area contributed by atoms with Crippen molar-refractivity contribution >= 4 is 16.9 Å². The van der Waals surface area contributed by atoms with Gasteiger partial charge >= 0.3 is 0 Å². The summed E-state index contributed by atoms with van der Waals surface area (Å²) in [4.78, 5) is 30.3. The number of H-pyrrole nitrogens is 2. The maximum Gasteiger partial charge on any atom is 0.270 e. The second-order valence-electron chi connectivity index (χ2n) is 7.30. The third kappa shape index (κ3) is 3.07. The van der Waals surface area contributed by atoms with Gasteiger partial charge < -0.3 is 14.9 Å². The van der Waals surface area contributed by atoms with Crippen molar-refractivity contribution in [1.82, 2.24) is 24.8 Å². The second-order valence-corrected chi connectivity index (χ2v) is 7.30. The van der Waals surface area contributed by atoms with E-state index in [1.807, 2.05) is 29.2 Å². The van der Waals surface area contributed by atoms with Gasteiger partial charge in [0.1, 0.15) is 11.3 Å². The van der Waals surface area contributed by atoms with Gasteiger partial charge in [0.05, 0.1) is 24.3 Å². The molecule has 1 unspecified atom stereocenters. The summed E-state index contributed by atoms with van der Waals surface area (Å²) in [7, 11) is 0. The van der Waals surface area contributed by atoms with Crippen molar-refractivity contribution in [2.75, 3.05) is 6.54 Å². The molecule has 6 nitrogen and oxygen atoms in total. The molecule has 1 aliphatic heterocycles. The summed E-state index contributed by atoms with van der Waals surface area (Å²) in [5.74, 6) is 0.227. The number of carbonyl (C=O) groups excluding carboxylic acids is 1. The van der Waals surface area contributed by atoms with E-state index in [4.69, 9.17) is 0 Å². The predicted octanol–water partition coefficient (Wildman–Crippen LogP) is 3.66. The molecule has 0 fully saturated rings. The molecule has 28 heavy (non-hydrogen) atoms. The minimum atomic E-state index is 0.00274. The van der Waals surface area contributed by atoms with Crippen molar-refractivity contribution in [1.29, 1.82) is 0 Å². The van der Waals surface area contributed by atoms with Gasteiger partial charge in [-0.25, -0.2) is 9.97 Å². The topological polar surface area (TPSA) is 77.7 Å². The summed E-state index contributed by atoms with van der Waals surface area (Å²) in [6.45, 7) is 1.23. The van der Waals surface area contributed by atoms with E-state index in [2.05, 4.69) is 44.2 Å². The lowest BCUT2D eigenvalue weighted by atomic mass is 9.91. The number of aromatic nitrogens is 4. The molecule has 4 aromatic rings. The Morgan fingerprint density at radius 1 is 1.14 bits per heavy atom. The lowest BCUT2D eigenvalue weighted by Gasteiger charge is -2.32. The van der Waals surface area contributed by atoms with E-state index in [0.29, 0.717) is 18.8 Å². The number of carbonyl (C=O) groups is 1. The lowest BCUT2D eigenvalue weighted by Crippen LogP contribution is -2.38. The van der Waals surface area contributed by atoms with Crippen LogP contribution in [0.15, 0.2) is 61.1 Å². The fourth-order valence-electron chi connectivity index (χ4n) is 4.03. The van der Waals surface area contributed by atoms with Crippen molar-refractivity contribution in [3.8, 4) is 0 Å². The molecule has 0 radical (unpaired) electrons. The van der Waals surface area contributed by atoms with Crippen LogP contribution in [0.1, 0.15) is 39.8 Å². The highest BCUT2D eigenvalue weighted by molar-refractivity contribution is 5.97. The minimum Gasteiger partial charge on any atom is -0.347 e. The van der Waals surface area contributed by atoms with E-state index in [9.17, 15) is 4.79 Å². The number of benzene rings is 1. The smallest absolute Gasteiger partial charge is 0.270 e. The van der Waals surface area contributed by atoms with Crippen molar-refractivity contribution in [2.24, 2.45) is 0 Å². The number of hydrogen-bond donors (Lipinski definition) is 2. The van der Waals surface area contributed by atoms with Crippen LogP contribution in [0.25, 0.3) is 11.0 Å². The van der Waals surface area contributed by atoms with Gasteiger partial charge in [0.25, 0.3) is 5.91 Å². The Morgan fingerprint density at radius 2 is 2.04 bits per heavy atom. The van der Waals surface area contributed by atoms with Crippen LogP contribution in [0.3, 0.4) is 0 Å². The second kappa shape index (κ2) is 6.96. The summed E-state index contributed by atoms with van der Waals surface area (Å²) in [6.07, 6.45) is 5.39. The highest BCUT2D eigenvalue weighted by atomic mass is 16.2. The maximum atomic E-state index is 13.2. The average Bonchev–Trinajstić information content (AvgIpc) is 3.39. The third-order valence-corrected chi connectivity index (χ3v) is 5.46. The van der Waals surface area contributed by atoms with Crippen molar-refractivity contribution < 1.29 is 4.79 Å². The normalized spacial score (nSPS) is 16.3. The summed E-state index contributed by atoms with van der Waals surface area (Å²) < 4.78 is 0. The first-order valence-electron chi connectivity index (χ1n) is 9.57. The molecule has 0 saturated carbocycles. The van der Waals surface area contributed by atoms with Gasteiger partial charge in [-0.3, -0.25) is 4.79 Å². The molecule has 4 heterocycles. The van der Waals surface area contributed by atoms with Gasteiger partial charge in [-0.05, 0) is 36.6 Å². The molecule has 0 spiro atoms. The fourth-order valence-corrected chi connectivity index (χ4v) is 4.03. The number of amides is 1. The number of nitrogens with zero attached hydrogens (tertiary/aromatic N) is 3. The van der Waals surface area contributed by atoms with Crippen LogP contribution >= 0.6 is 0 Å². The monoisotopic (exact) mass is 371 g/mol. The van der Waals surface area contributed by atoms with Crippen LogP contribution in [0.5, 0.6) is 0 Å². The average molecular weight is 371 g/mol. The summed E-state index contributed by atoms with van der Waals surface area (Å²) in [5.41, 5.74) is 4.76. The first-order chi connectivity index (χ1) is 13.8. The summed E-state index contributed by atoms with van der Waals surface area (Å²) in [5, 5.41) is 0.950. The van der Waals surface area contributed by atoms with E-state index < -0.39 is 0 Å². The number of pyridine rings is 1. The maximum absolute atomic E-state index is 13.2. The Hall–Kier alpha value is -3.41. The van der Waals surface area contributed by atoms with Crippen LogP contribution < -0.4 is 0 Å². The zero-order valence-corrected chi connectivity index (χ0v) is 15.4. The molecule has 0 bridgehead atoms. The molecule has 3 aromatic heterocycles. The Morgan fingerprint density at radius 3 is 2.89 bits per heavy atom. The van der Waals surface area contributed by atoms with E-state index in [1.165, 1.54) is 5.56 Å². The Labute approximate surface area is 162 Å². The zero-order chi connectivity index (χ0) is 18.9. The van der Waals surface area contributed by atoms with Gasteiger partial charge in [0, 0.05) is 24.0 Å². The highest BCUT2D eigenvalue weighted by Crippen LogP contribution is 2.30. The standard InChI is InChI=1S/C22H21N5O/c28-22(18-11-16-7-4-10-23-21(16)26-18)27-12-17(20-19(13-27)24-14-25-20)9-8-15-5-2-1-3-6-15/h1-7,10-11,14,17H,8-9,12-13H2,(H,23,26)(H,24,25). The largest absolute Gasteiger partial charge is 0.347 e. The first kappa shape index (κ1) is 16.7. The Balaban J connectivity index is 1.38. The number of aryl methyl sites for hydroxylation is 1. The molecule has 0 saturated heterocycles. The highest BCUT2D eigenvalue weighted by Gasteiger charge is 2.31. The van der Waals surface area contributed by atoms with Crippen LogP contribution in [-0.4, -0.2) is 37.3 Å². The number of nitrogens with one attached hydrogen (secondary N) is 2. The third-order valence-electron chi connectivity index (χ3n) is 5.46. The fraction of sp³-hybridized carbons (Fsp3) is 0.227. The molecular formula is C22H21N5O. The Bertz CT molecular complexity index is 1080. The van der Waals surface area contributed by atoms with Crippen molar-refractivity contribution in [3.63, 3.8) is 0 Å². The van der Waals surface area contributed by atoms with Crippen LogP contribution in [0, 0.1) is 0 Å². The number of hydrogen-bond acceptors (Lipinski definition) is 3. The molecule has 140 valence electrons. The minimum absolute atomic E-state index is 0.00274. The summed E-state index contributed by atoms with van der Waals surface area (Å²) in [6, 6.07) is 16.2. The van der Waals surface area contributed by atoms with Crippen LogP contribution in [0.2, 0.25) is 0 Å². The van der Waals surface area contributed by atoms with Gasteiger partial charge in [0.15, 0.2) is 0 Å². The number of aromatic amines is 2. The molecular weight excluding hydrogens is 350 g/mol. The molecule has 1 atom stereocenters. The van der Waals surface area contributed by atoms with Gasteiger partial charge in [-0.2, -0.15) is 0 Å². The first-order valence-corrected chi connectivity index (χ1v) is 9.57. The molecule has 1 aliphatic rings. The number of rotatable bonds is 4. The van der Waals surface area contributed by atoms with Crippen LogP contribution in [0.4, 0.5) is 0 Å². The van der Waals surface area contributed by atoms with Crippen molar-refractivity contribution in [3.05, 3.63) is 83.7 Å². The quantitative estimate of drug-likeness (QED) is 0.575. The zero-order valence-electron chi connectivity index (χ0n) is 15.4. The molecule has 6 heteroatoms.